The molecule has 2 aliphatic rings. The molecule has 2 aromatic rings. The van der Waals surface area contributed by atoms with Crippen molar-refractivity contribution >= 4 is 0 Å². The third-order valence-electron chi connectivity index (χ3n) is 5.22. The Kier molecular flexibility index (Phi) is 4.58. The van der Waals surface area contributed by atoms with Gasteiger partial charge in [-0.25, -0.2) is 9.97 Å². The van der Waals surface area contributed by atoms with Crippen LogP contribution >= 0.6 is 0 Å². The number of fused-ring (bicyclic) bond motifs is 1. The fraction of sp³-hybridized carbons (Fsp3) is 0.611. The summed E-state index contributed by atoms with van der Waals surface area (Å²) in [4.78, 5) is 11.7. The van der Waals surface area contributed by atoms with Crippen LogP contribution in [0.3, 0.4) is 0 Å². The Bertz CT molecular complexity index is 675. The summed E-state index contributed by atoms with van der Waals surface area (Å²) < 4.78 is 1.91. The number of aliphatic hydroxyl groups is 1. The van der Waals surface area contributed by atoms with Gasteiger partial charge in [-0.1, -0.05) is 19.3 Å². The zero-order valence-corrected chi connectivity index (χ0v) is 14.1. The minimum Gasteiger partial charge on any atom is -0.394 e. The molecule has 1 saturated carbocycles. The molecule has 0 aromatic carbocycles. The largest absolute Gasteiger partial charge is 0.394 e. The van der Waals surface area contributed by atoms with Crippen LogP contribution in [0.25, 0.3) is 0 Å². The summed E-state index contributed by atoms with van der Waals surface area (Å²) in [5.74, 6) is 1.59. The predicted molar refractivity (Wildman–Crippen MR) is 90.1 cm³/mol. The number of hydrogen-bond acceptors (Lipinski definition) is 5. The smallest absolute Gasteiger partial charge is 0.131 e. The summed E-state index contributed by atoms with van der Waals surface area (Å²) >= 11 is 0. The van der Waals surface area contributed by atoms with Crippen LogP contribution in [0, 0.1) is 0 Å². The molecule has 0 unspecified atom stereocenters. The van der Waals surface area contributed by atoms with E-state index in [2.05, 4.69) is 20.0 Å². The molecule has 0 bridgehead atoms. The highest BCUT2D eigenvalue weighted by molar-refractivity contribution is 5.22. The van der Waals surface area contributed by atoms with E-state index < -0.39 is 0 Å². The molecule has 0 saturated heterocycles. The molecule has 6 heteroatoms. The molecule has 1 N–H and O–H groups in total. The molecule has 3 heterocycles. The third kappa shape index (κ3) is 3.21. The molecule has 4 rings (SSSR count). The third-order valence-corrected chi connectivity index (χ3v) is 5.22. The second-order valence-electron chi connectivity index (χ2n) is 6.99. The first-order chi connectivity index (χ1) is 11.8. The maximum atomic E-state index is 9.11. The first-order valence-electron chi connectivity index (χ1n) is 9.01. The van der Waals surface area contributed by atoms with E-state index in [1.54, 1.807) is 0 Å². The molecule has 0 radical (unpaired) electrons. The topological polar surface area (TPSA) is 67.1 Å². The van der Waals surface area contributed by atoms with Crippen molar-refractivity contribution in [3.05, 3.63) is 41.2 Å². The van der Waals surface area contributed by atoms with Gasteiger partial charge in [-0.2, -0.15) is 5.10 Å². The van der Waals surface area contributed by atoms with Gasteiger partial charge in [0.05, 0.1) is 25.0 Å². The van der Waals surface area contributed by atoms with E-state index in [1.165, 1.54) is 48.9 Å². The van der Waals surface area contributed by atoms with Crippen molar-refractivity contribution in [2.45, 2.75) is 64.2 Å². The Morgan fingerprint density at radius 1 is 1.04 bits per heavy atom. The Hall–Kier alpha value is -1.79. The van der Waals surface area contributed by atoms with Gasteiger partial charge in [0.1, 0.15) is 5.82 Å². The zero-order chi connectivity index (χ0) is 16.4. The van der Waals surface area contributed by atoms with Gasteiger partial charge < -0.3 is 5.11 Å². The summed E-state index contributed by atoms with van der Waals surface area (Å²) in [6.45, 7) is 3.34. The summed E-state index contributed by atoms with van der Waals surface area (Å²) in [5.41, 5.74) is 3.66. The van der Waals surface area contributed by atoms with Crippen molar-refractivity contribution in [3.8, 4) is 0 Å². The quantitative estimate of drug-likeness (QED) is 0.912. The molecule has 6 nitrogen and oxygen atoms in total. The van der Waals surface area contributed by atoms with Crippen molar-refractivity contribution in [2.24, 2.45) is 0 Å². The maximum Gasteiger partial charge on any atom is 0.131 e. The number of aliphatic hydroxyl groups excluding tert-OH is 1. The zero-order valence-electron chi connectivity index (χ0n) is 14.1. The molecule has 0 atom stereocenters. The van der Waals surface area contributed by atoms with E-state index in [9.17, 15) is 0 Å². The van der Waals surface area contributed by atoms with Crippen LogP contribution in [0.5, 0.6) is 0 Å². The van der Waals surface area contributed by atoms with Gasteiger partial charge >= 0.3 is 0 Å². The standard InChI is InChI=1S/C18H25N5O/c24-7-6-23-17-13-22(12-16(17)10-21-23)11-14-8-19-18(20-9-14)15-4-2-1-3-5-15/h8-10,15,24H,1-7,11-13H2. The second-order valence-corrected chi connectivity index (χ2v) is 6.99. The lowest BCUT2D eigenvalue weighted by molar-refractivity contribution is 0.250. The average molecular weight is 327 g/mol. The second kappa shape index (κ2) is 6.99. The SMILES string of the molecule is OCCn1ncc2c1CN(Cc1cnc(C3CCCCC3)nc1)C2. The highest BCUT2D eigenvalue weighted by Crippen LogP contribution is 2.30. The monoisotopic (exact) mass is 327 g/mol. The molecule has 2 aromatic heterocycles. The van der Waals surface area contributed by atoms with Crippen molar-refractivity contribution in [1.29, 1.82) is 0 Å². The van der Waals surface area contributed by atoms with Crippen molar-refractivity contribution in [3.63, 3.8) is 0 Å². The lowest BCUT2D eigenvalue weighted by Gasteiger charge is -2.20. The van der Waals surface area contributed by atoms with E-state index in [4.69, 9.17) is 5.11 Å². The van der Waals surface area contributed by atoms with E-state index >= 15 is 0 Å². The van der Waals surface area contributed by atoms with Crippen LogP contribution in [0.15, 0.2) is 18.6 Å². The van der Waals surface area contributed by atoms with E-state index in [1.807, 2.05) is 23.3 Å². The number of aromatic nitrogens is 4. The fourth-order valence-electron chi connectivity index (χ4n) is 3.95. The van der Waals surface area contributed by atoms with Crippen LogP contribution in [0.1, 0.15) is 60.7 Å². The van der Waals surface area contributed by atoms with Gasteiger partial charge in [-0.3, -0.25) is 9.58 Å². The normalized spacial score (nSPS) is 18.9. The summed E-state index contributed by atoms with van der Waals surface area (Å²) in [6.07, 6.45) is 12.4. The van der Waals surface area contributed by atoms with Crippen LogP contribution in [0.4, 0.5) is 0 Å². The molecular weight excluding hydrogens is 302 g/mol. The van der Waals surface area contributed by atoms with Crippen molar-refractivity contribution in [1.82, 2.24) is 24.6 Å². The fourth-order valence-corrected chi connectivity index (χ4v) is 3.95. The first-order valence-corrected chi connectivity index (χ1v) is 9.01. The Morgan fingerprint density at radius 3 is 2.58 bits per heavy atom. The van der Waals surface area contributed by atoms with Crippen LogP contribution in [-0.4, -0.2) is 36.4 Å². The minimum atomic E-state index is 0.130. The van der Waals surface area contributed by atoms with Gasteiger partial charge in [0.2, 0.25) is 0 Å². The maximum absolute atomic E-state index is 9.11. The number of hydrogen-bond donors (Lipinski definition) is 1. The lowest BCUT2D eigenvalue weighted by atomic mass is 9.89. The van der Waals surface area contributed by atoms with E-state index in [-0.39, 0.29) is 6.61 Å². The van der Waals surface area contributed by atoms with Gasteiger partial charge in [0.15, 0.2) is 0 Å². The number of rotatable bonds is 5. The van der Waals surface area contributed by atoms with Crippen LogP contribution in [-0.2, 0) is 26.2 Å². The molecule has 1 aliphatic carbocycles. The van der Waals surface area contributed by atoms with Gasteiger partial charge in [-0.05, 0) is 12.8 Å². The lowest BCUT2D eigenvalue weighted by Crippen LogP contribution is -2.19. The van der Waals surface area contributed by atoms with Crippen LogP contribution < -0.4 is 0 Å². The molecule has 1 fully saturated rings. The highest BCUT2D eigenvalue weighted by atomic mass is 16.3. The van der Waals surface area contributed by atoms with Crippen molar-refractivity contribution < 1.29 is 5.11 Å². The predicted octanol–water partition coefficient (Wildman–Crippen LogP) is 2.23. The summed E-state index contributed by atoms with van der Waals surface area (Å²) in [7, 11) is 0. The molecular formula is C18H25N5O. The molecule has 0 amide bonds. The Balaban J connectivity index is 1.38. The molecule has 24 heavy (non-hydrogen) atoms. The Labute approximate surface area is 142 Å². The van der Waals surface area contributed by atoms with Gasteiger partial charge in [0.25, 0.3) is 0 Å². The van der Waals surface area contributed by atoms with Crippen LogP contribution in [0.2, 0.25) is 0 Å². The Morgan fingerprint density at radius 2 is 1.83 bits per heavy atom. The first kappa shape index (κ1) is 15.7. The molecule has 128 valence electrons. The minimum absolute atomic E-state index is 0.130. The van der Waals surface area contributed by atoms with Crippen molar-refractivity contribution in [2.75, 3.05) is 6.61 Å². The summed E-state index contributed by atoms with van der Waals surface area (Å²) in [6, 6.07) is 0. The number of nitrogens with zero attached hydrogens (tertiary/aromatic N) is 5. The molecule has 1 aliphatic heterocycles. The van der Waals surface area contributed by atoms with E-state index in [0.717, 1.165) is 25.5 Å². The average Bonchev–Trinajstić information content (AvgIpc) is 3.18. The van der Waals surface area contributed by atoms with Gasteiger partial charge in [0, 0.05) is 49.1 Å². The molecule has 0 spiro atoms. The van der Waals surface area contributed by atoms with Gasteiger partial charge in [-0.15, -0.1) is 0 Å². The van der Waals surface area contributed by atoms with E-state index in [0.29, 0.717) is 12.5 Å². The summed E-state index contributed by atoms with van der Waals surface area (Å²) in [5, 5.41) is 13.5. The highest BCUT2D eigenvalue weighted by Gasteiger charge is 2.24.